The Hall–Kier alpha value is -1.78. The van der Waals surface area contributed by atoms with Crippen LogP contribution in [0.4, 0.5) is 5.95 Å². The summed E-state index contributed by atoms with van der Waals surface area (Å²) >= 11 is 0. The molecule has 18 nitrogen and oxygen atoms in total. The van der Waals surface area contributed by atoms with Gasteiger partial charge in [0.15, 0.2) is 11.2 Å². The number of imidazole rings is 1. The van der Waals surface area contributed by atoms with E-state index in [9.17, 15) is 33.2 Å². The molecule has 0 aliphatic carbocycles. The number of nitrogens with two attached hydrogens (primary N) is 1. The maximum Gasteiger partial charge on any atom is 0.280 e. The zero-order chi connectivity index (χ0) is 25.3. The maximum absolute atomic E-state index is 12.0. The van der Waals surface area contributed by atoms with E-state index in [1.165, 1.54) is 17.0 Å². The lowest BCUT2D eigenvalue weighted by atomic mass is 10.2. The number of nitrogen functional groups attached to an aromatic ring is 1. The van der Waals surface area contributed by atoms with Crippen LogP contribution < -0.4 is 26.0 Å². The molecule has 190 valence electrons. The number of rotatable bonds is 11. The Morgan fingerprint density at radius 1 is 1.32 bits per heavy atom. The van der Waals surface area contributed by atoms with Gasteiger partial charge in [-0.2, -0.15) is 4.98 Å². The van der Waals surface area contributed by atoms with Crippen LogP contribution in [0.25, 0.3) is 11.2 Å². The zero-order valence-corrected chi connectivity index (χ0v) is 19.5. The topological polar surface area (TPSA) is 276 Å². The molecule has 1 fully saturated rings. The molecule has 0 saturated carbocycles. The fraction of sp³-hybridized carbons (Fsp3) is 0.462. The molecule has 2 aromatic rings. The Morgan fingerprint density at radius 2 is 2.03 bits per heavy atom. The highest BCUT2D eigenvalue weighted by Gasteiger charge is 2.39. The molecule has 0 spiro atoms. The first-order valence-electron chi connectivity index (χ1n) is 9.03. The molecule has 4 unspecified atom stereocenters. The van der Waals surface area contributed by atoms with Gasteiger partial charge in [-0.15, -0.1) is 6.58 Å². The van der Waals surface area contributed by atoms with E-state index in [0.29, 0.717) is 0 Å². The normalized spacial score (nSPS) is 26.1. The second-order valence-electron chi connectivity index (χ2n) is 6.62. The number of hydrogen-bond donors (Lipinski definition) is 3. The predicted molar refractivity (Wildman–Crippen MR) is 104 cm³/mol. The van der Waals surface area contributed by atoms with E-state index in [-0.39, 0.29) is 30.1 Å². The van der Waals surface area contributed by atoms with Gasteiger partial charge in [0.1, 0.15) is 12.3 Å². The summed E-state index contributed by atoms with van der Waals surface area (Å²) in [5.74, 6) is -0.184. The summed E-state index contributed by atoms with van der Waals surface area (Å²) in [6, 6.07) is 0. The van der Waals surface area contributed by atoms with E-state index in [2.05, 4.69) is 34.7 Å². The van der Waals surface area contributed by atoms with Crippen molar-refractivity contribution in [2.24, 2.45) is 0 Å². The minimum Gasteiger partial charge on any atom is -0.756 e. The van der Waals surface area contributed by atoms with Gasteiger partial charge in [0.2, 0.25) is 5.95 Å². The summed E-state index contributed by atoms with van der Waals surface area (Å²) < 4.78 is 57.5. The van der Waals surface area contributed by atoms with Crippen LogP contribution in [0.3, 0.4) is 0 Å². The van der Waals surface area contributed by atoms with E-state index >= 15 is 0 Å². The summed E-state index contributed by atoms with van der Waals surface area (Å²) in [7, 11) is -17.6. The van der Waals surface area contributed by atoms with Crippen LogP contribution in [0.5, 0.6) is 0 Å². The number of hydrogen-bond acceptors (Lipinski definition) is 15. The third-order valence-corrected chi connectivity index (χ3v) is 7.86. The minimum atomic E-state index is -6.04. The van der Waals surface area contributed by atoms with Crippen molar-refractivity contribution < 1.29 is 55.9 Å². The van der Waals surface area contributed by atoms with Crippen molar-refractivity contribution >= 4 is 40.6 Å². The number of nitrogens with one attached hydrogen (secondary N) is 1. The Morgan fingerprint density at radius 3 is 2.68 bits per heavy atom. The van der Waals surface area contributed by atoms with Crippen molar-refractivity contribution in [3.05, 3.63) is 29.3 Å². The first-order valence-corrected chi connectivity index (χ1v) is 13.4. The monoisotopic (exact) mass is 544 g/mol. The molecule has 0 bridgehead atoms. The van der Waals surface area contributed by atoms with E-state index < -0.39 is 54.1 Å². The number of phosphoric ester groups is 1. The molecule has 0 amide bonds. The van der Waals surface area contributed by atoms with E-state index in [0.717, 1.165) is 0 Å². The van der Waals surface area contributed by atoms with Gasteiger partial charge in [0.05, 0.1) is 25.6 Å². The first-order chi connectivity index (χ1) is 15.7. The van der Waals surface area contributed by atoms with Crippen LogP contribution in [0.2, 0.25) is 0 Å². The van der Waals surface area contributed by atoms with Crippen LogP contribution in [-0.2, 0) is 36.3 Å². The fourth-order valence-electron chi connectivity index (χ4n) is 2.99. The second-order valence-corrected chi connectivity index (χ2v) is 10.9. The standard InChI is InChI=1S/C13H20N5O13P3/c1-2-3-27-7-4-9(18-6-15-10-11(18)16-13(14)17-12(10)19)29-8(7)5-28-33(23,24)31-34(25,26)30-32(20,21)22/h2,6-9H,1,3-5H2,(H,23,24)(H,25,26)(H2,20,21,22)(H3,14,16,17,19)/p-3/t7?,8-,9-/m1/s1. The van der Waals surface area contributed by atoms with Crippen LogP contribution in [0, 0.1) is 0 Å². The number of aromatic amines is 1. The lowest BCUT2D eigenvalue weighted by Crippen LogP contribution is -2.30. The number of aromatic nitrogens is 4. The molecule has 2 aromatic heterocycles. The van der Waals surface area contributed by atoms with Crippen LogP contribution in [0.15, 0.2) is 23.8 Å². The number of phosphoric acid groups is 3. The lowest BCUT2D eigenvalue weighted by Gasteiger charge is -2.33. The Labute approximate surface area is 189 Å². The van der Waals surface area contributed by atoms with Gasteiger partial charge in [0, 0.05) is 6.42 Å². The molecular formula is C13H17N5O13P3-3. The van der Waals surface area contributed by atoms with Crippen molar-refractivity contribution in [1.82, 2.24) is 19.5 Å². The Kier molecular flexibility index (Phi) is 7.94. The molecule has 6 atom stereocenters. The molecule has 1 saturated heterocycles. The van der Waals surface area contributed by atoms with E-state index in [1.807, 2.05) is 0 Å². The molecule has 0 aromatic carbocycles. The quantitative estimate of drug-likeness (QED) is 0.204. The van der Waals surface area contributed by atoms with E-state index in [1.54, 1.807) is 0 Å². The summed E-state index contributed by atoms with van der Waals surface area (Å²) in [4.78, 5) is 64.3. The Balaban J connectivity index is 1.75. The largest absolute Gasteiger partial charge is 0.756 e. The molecule has 21 heteroatoms. The Bertz CT molecular complexity index is 1260. The molecule has 1 aliphatic heterocycles. The number of ether oxygens (including phenoxy) is 2. The highest BCUT2D eigenvalue weighted by molar-refractivity contribution is 7.65. The molecule has 1 aliphatic rings. The van der Waals surface area contributed by atoms with Gasteiger partial charge in [-0.25, -0.2) is 13.6 Å². The van der Waals surface area contributed by atoms with Crippen LogP contribution in [-0.4, -0.2) is 49.8 Å². The average molecular weight is 544 g/mol. The van der Waals surface area contributed by atoms with Crippen molar-refractivity contribution in [3.8, 4) is 0 Å². The first kappa shape index (κ1) is 26.8. The van der Waals surface area contributed by atoms with Crippen molar-refractivity contribution in [2.75, 3.05) is 18.9 Å². The highest BCUT2D eigenvalue weighted by Crippen LogP contribution is 2.61. The number of anilines is 1. The maximum atomic E-state index is 12.0. The average Bonchev–Trinajstić information content (AvgIpc) is 3.25. The minimum absolute atomic E-state index is 0.0250. The predicted octanol–water partition coefficient (Wildman–Crippen LogP) is -1.99. The smallest absolute Gasteiger partial charge is 0.280 e. The van der Waals surface area contributed by atoms with Crippen LogP contribution >= 0.6 is 23.5 Å². The number of fused-ring (bicyclic) bond motifs is 1. The van der Waals surface area contributed by atoms with Gasteiger partial charge in [0.25, 0.3) is 29.0 Å². The third kappa shape index (κ3) is 6.88. The fourth-order valence-corrected chi connectivity index (χ4v) is 5.89. The third-order valence-electron chi connectivity index (χ3n) is 4.17. The van der Waals surface area contributed by atoms with Crippen molar-refractivity contribution in [1.29, 1.82) is 0 Å². The zero-order valence-electron chi connectivity index (χ0n) is 16.8. The summed E-state index contributed by atoms with van der Waals surface area (Å²) in [5.41, 5.74) is 5.00. The molecule has 3 heterocycles. The molecule has 0 radical (unpaired) electrons. The van der Waals surface area contributed by atoms with Crippen molar-refractivity contribution in [2.45, 2.75) is 24.9 Å². The van der Waals surface area contributed by atoms with Gasteiger partial charge >= 0.3 is 0 Å². The van der Waals surface area contributed by atoms with Crippen LogP contribution in [0.1, 0.15) is 12.6 Å². The van der Waals surface area contributed by atoms with E-state index in [4.69, 9.17) is 20.1 Å². The molecular weight excluding hydrogens is 527 g/mol. The van der Waals surface area contributed by atoms with Gasteiger partial charge < -0.3 is 39.3 Å². The van der Waals surface area contributed by atoms with Crippen molar-refractivity contribution in [3.63, 3.8) is 0 Å². The molecule has 34 heavy (non-hydrogen) atoms. The number of nitrogens with zero attached hydrogens (tertiary/aromatic N) is 3. The van der Waals surface area contributed by atoms with Gasteiger partial charge in [-0.3, -0.25) is 28.0 Å². The number of H-pyrrole nitrogens is 1. The molecule has 4 N–H and O–H groups in total. The second kappa shape index (κ2) is 10.1. The van der Waals surface area contributed by atoms with Gasteiger partial charge in [-0.05, 0) is 0 Å². The summed E-state index contributed by atoms with van der Waals surface area (Å²) in [6.45, 7) is 2.68. The molecule has 3 rings (SSSR count). The van der Waals surface area contributed by atoms with Gasteiger partial charge in [-0.1, -0.05) is 6.08 Å². The summed E-state index contributed by atoms with van der Waals surface area (Å²) in [5, 5.41) is 0. The lowest BCUT2D eigenvalue weighted by molar-refractivity contribution is -0.250. The summed E-state index contributed by atoms with van der Waals surface area (Å²) in [6.07, 6.45) is -0.115. The SMILES string of the molecule is C=CCOC1C[C@H](n2cnc3c(=O)[nH]c(N)nc32)O[C@@H]1COP(=O)([O-])OP(=O)([O-])OP(=O)([O-])O. The highest BCUT2D eigenvalue weighted by atomic mass is 31.3.